The Morgan fingerprint density at radius 1 is 1.15 bits per heavy atom. The molecular formula is C17H26FN5O15P2S. The van der Waals surface area contributed by atoms with E-state index in [9.17, 15) is 44.7 Å². The van der Waals surface area contributed by atoms with Crippen LogP contribution in [0.15, 0.2) is 12.7 Å². The lowest BCUT2D eigenvalue weighted by Crippen LogP contribution is -2.61. The number of phosphoric ester groups is 1. The Bertz CT molecular complexity index is 1350. The van der Waals surface area contributed by atoms with Gasteiger partial charge in [-0.15, -0.1) is 0 Å². The van der Waals surface area contributed by atoms with E-state index in [2.05, 4.69) is 40.6 Å². The summed E-state index contributed by atoms with van der Waals surface area (Å²) in [7, 11) is -5.63. The Balaban J connectivity index is 1.42. The Morgan fingerprint density at radius 2 is 1.83 bits per heavy atom. The molecule has 0 saturated carbocycles. The number of hydrogen-bond acceptors (Lipinski definition) is 18. The number of imidazole rings is 1. The maximum atomic E-state index is 15.5. The van der Waals surface area contributed by atoms with E-state index < -0.39 is 88.9 Å². The van der Waals surface area contributed by atoms with Crippen LogP contribution in [0, 0.1) is 0 Å². The summed E-state index contributed by atoms with van der Waals surface area (Å²) < 4.78 is 65.2. The number of hydrogen-bond donors (Lipinski definition) is 10. The van der Waals surface area contributed by atoms with Crippen molar-refractivity contribution >= 4 is 43.9 Å². The molecule has 24 heteroatoms. The molecule has 12 atom stereocenters. The van der Waals surface area contributed by atoms with E-state index in [4.69, 9.17) is 20.3 Å². The third kappa shape index (κ3) is 6.58. The van der Waals surface area contributed by atoms with Gasteiger partial charge in [-0.1, -0.05) is 12.2 Å². The first-order chi connectivity index (χ1) is 19.0. The molecule has 2 saturated heterocycles. The monoisotopic (exact) mass is 653 g/mol. The number of anilines is 1. The molecule has 41 heavy (non-hydrogen) atoms. The van der Waals surface area contributed by atoms with Crippen molar-refractivity contribution in [2.45, 2.75) is 61.1 Å². The molecule has 2 aliphatic heterocycles. The quantitative estimate of drug-likeness (QED) is 0.0885. The molecular weight excluding hydrogens is 627 g/mol. The lowest BCUT2D eigenvalue weighted by molar-refractivity contribution is -0.292. The molecule has 2 aromatic rings. The Morgan fingerprint density at radius 3 is 2.49 bits per heavy atom. The third-order valence-corrected chi connectivity index (χ3v) is 9.66. The number of nitrogens with two attached hydrogens (primary N) is 1. The minimum atomic E-state index is -5.63. The summed E-state index contributed by atoms with van der Waals surface area (Å²) in [5.74, 6) is -3.35. The third-order valence-electron chi connectivity index (χ3n) is 6.08. The molecule has 0 radical (unpaired) electrons. The van der Waals surface area contributed by atoms with Gasteiger partial charge in [0, 0.05) is 0 Å². The number of aliphatic hydroxyl groups is 7. The first-order valence-electron chi connectivity index (χ1n) is 11.3. The number of phosphoric acid groups is 1. The molecule has 0 spiro atoms. The van der Waals surface area contributed by atoms with Crippen LogP contribution in [-0.2, 0) is 32.0 Å². The first-order valence-corrected chi connectivity index (χ1v) is 15.5. The van der Waals surface area contributed by atoms with Gasteiger partial charge in [-0.2, -0.15) is 4.31 Å². The highest BCUT2D eigenvalue weighted by Gasteiger charge is 2.58. The fourth-order valence-electron chi connectivity index (χ4n) is 4.00. The van der Waals surface area contributed by atoms with Gasteiger partial charge in [-0.3, -0.25) is 13.6 Å². The lowest BCUT2D eigenvalue weighted by atomic mass is 9.96. The van der Waals surface area contributed by atoms with E-state index in [1.807, 2.05) is 0 Å². The van der Waals surface area contributed by atoms with Crippen molar-refractivity contribution in [1.29, 1.82) is 0 Å². The SMILES string of the molecule is Nc1ncnc2c1ncn2[C@@H]1O[C@](F)(COP(=O)(S)OP(=O)(O)OC2OC([C@@H](O)CO)C(O)C(O)C2O)[C@@H](O)[C@H]1O. The van der Waals surface area contributed by atoms with Gasteiger partial charge >= 0.3 is 14.6 Å². The number of ether oxygens (including phenoxy) is 2. The molecule has 20 nitrogen and oxygen atoms in total. The molecule has 0 aliphatic carbocycles. The van der Waals surface area contributed by atoms with Gasteiger partial charge in [0.05, 0.1) is 12.9 Å². The Kier molecular flexibility index (Phi) is 9.45. The van der Waals surface area contributed by atoms with E-state index in [0.29, 0.717) is 0 Å². The van der Waals surface area contributed by atoms with Crippen LogP contribution in [0.3, 0.4) is 0 Å². The zero-order chi connectivity index (χ0) is 30.5. The maximum Gasteiger partial charge on any atom is 0.482 e. The van der Waals surface area contributed by atoms with E-state index in [1.54, 1.807) is 0 Å². The van der Waals surface area contributed by atoms with Gasteiger partial charge in [0.1, 0.15) is 61.2 Å². The van der Waals surface area contributed by atoms with Crippen molar-refractivity contribution in [3.63, 3.8) is 0 Å². The highest BCUT2D eigenvalue weighted by Crippen LogP contribution is 2.66. The Labute approximate surface area is 233 Å². The van der Waals surface area contributed by atoms with Gasteiger partial charge in [0.15, 0.2) is 24.0 Å². The zero-order valence-corrected chi connectivity index (χ0v) is 23.0. The fraction of sp³-hybridized carbons (Fsp3) is 0.706. The normalized spacial score (nSPS) is 38.0. The van der Waals surface area contributed by atoms with Gasteiger partial charge in [0.2, 0.25) is 0 Å². The lowest BCUT2D eigenvalue weighted by Gasteiger charge is -2.41. The number of aliphatic hydroxyl groups excluding tert-OH is 7. The Hall–Kier alpha value is -1.43. The van der Waals surface area contributed by atoms with Crippen LogP contribution in [0.2, 0.25) is 0 Å². The average molecular weight is 653 g/mol. The minimum absolute atomic E-state index is 0.000936. The second-order valence-electron chi connectivity index (χ2n) is 8.90. The standard InChI is InChI=1S/C17H26FN5O15P2S/c18-17(12(30)10(29)15(36-17)23-4-22-6-13(19)20-3-21-14(6)23)2-34-40(33,41)38-39(31,32)37-16-9(28)7(26)8(27)11(35-16)5(25)1-24/h3-5,7-12,15-16,24-30H,1-2H2,(H,31,32)(H,33,41)(H2,19,20,21)/t5-,7?,8?,9?,10+,11?,12-,15+,16?,17+,40?/m0/s1. The molecule has 232 valence electrons. The van der Waals surface area contributed by atoms with Crippen LogP contribution in [-0.4, -0.2) is 128 Å². The molecule has 2 aromatic heterocycles. The van der Waals surface area contributed by atoms with Crippen molar-refractivity contribution in [2.75, 3.05) is 18.9 Å². The van der Waals surface area contributed by atoms with Gasteiger partial charge in [-0.25, -0.2) is 28.5 Å². The molecule has 0 amide bonds. The molecule has 4 heterocycles. The average Bonchev–Trinajstić information content (AvgIpc) is 3.43. The highest BCUT2D eigenvalue weighted by molar-refractivity contribution is 8.45. The summed E-state index contributed by atoms with van der Waals surface area (Å²) >= 11 is 3.44. The predicted octanol–water partition coefficient (Wildman–Crippen LogP) is -3.33. The molecule has 7 unspecified atom stereocenters. The van der Waals surface area contributed by atoms with Crippen LogP contribution in [0.25, 0.3) is 11.2 Å². The summed E-state index contributed by atoms with van der Waals surface area (Å²) in [5, 5.41) is 69.3. The molecule has 0 aromatic carbocycles. The van der Waals surface area contributed by atoms with Crippen molar-refractivity contribution in [2.24, 2.45) is 0 Å². The number of halogens is 1. The number of nitrogen functional groups attached to an aromatic ring is 1. The van der Waals surface area contributed by atoms with E-state index in [0.717, 1.165) is 17.2 Å². The number of fused-ring (bicyclic) bond motifs is 1. The van der Waals surface area contributed by atoms with Crippen LogP contribution in [0.1, 0.15) is 6.23 Å². The highest BCUT2D eigenvalue weighted by atomic mass is 32.7. The first kappa shape index (κ1) is 32.5. The summed E-state index contributed by atoms with van der Waals surface area (Å²) in [4.78, 5) is 21.6. The van der Waals surface area contributed by atoms with Crippen LogP contribution >= 0.6 is 26.9 Å². The van der Waals surface area contributed by atoms with Gasteiger partial charge in [-0.05, 0) is 0 Å². The van der Waals surface area contributed by atoms with Crippen LogP contribution in [0.5, 0.6) is 0 Å². The van der Waals surface area contributed by atoms with Crippen molar-refractivity contribution in [3.05, 3.63) is 12.7 Å². The number of aromatic nitrogens is 4. The zero-order valence-electron chi connectivity index (χ0n) is 20.3. The summed E-state index contributed by atoms with van der Waals surface area (Å²) in [6.07, 6.45) is -16.1. The molecule has 10 N–H and O–H groups in total. The number of nitrogens with zero attached hydrogens (tertiary/aromatic N) is 4. The summed E-state index contributed by atoms with van der Waals surface area (Å²) in [6.45, 7) is -7.57. The second kappa shape index (κ2) is 11.9. The van der Waals surface area contributed by atoms with E-state index >= 15 is 4.39 Å². The second-order valence-corrected chi connectivity index (χ2v) is 13.4. The smallest absolute Gasteiger partial charge is 0.394 e. The fourth-order valence-corrected chi connectivity index (χ4v) is 7.17. The van der Waals surface area contributed by atoms with Crippen molar-refractivity contribution in [1.82, 2.24) is 19.5 Å². The largest absolute Gasteiger partial charge is 0.482 e. The van der Waals surface area contributed by atoms with Crippen LogP contribution in [0.4, 0.5) is 10.2 Å². The summed E-state index contributed by atoms with van der Waals surface area (Å²) in [5.41, 5.74) is 5.76. The number of thiol groups is 1. The van der Waals surface area contributed by atoms with E-state index in [-0.39, 0.29) is 17.0 Å². The molecule has 0 bridgehead atoms. The van der Waals surface area contributed by atoms with Crippen LogP contribution < -0.4 is 5.73 Å². The number of alkyl halides is 1. The van der Waals surface area contributed by atoms with Gasteiger partial charge in [0.25, 0.3) is 5.85 Å². The molecule has 4 rings (SSSR count). The minimum Gasteiger partial charge on any atom is -0.394 e. The van der Waals surface area contributed by atoms with Crippen molar-refractivity contribution in [3.8, 4) is 0 Å². The molecule has 2 fully saturated rings. The maximum absolute atomic E-state index is 15.5. The predicted molar refractivity (Wildman–Crippen MR) is 130 cm³/mol. The van der Waals surface area contributed by atoms with Gasteiger partial charge < -0.3 is 55.8 Å². The number of rotatable bonds is 10. The van der Waals surface area contributed by atoms with E-state index in [1.165, 1.54) is 0 Å². The topological polar surface area (TPSA) is 312 Å². The molecule has 2 aliphatic rings. The van der Waals surface area contributed by atoms with Crippen molar-refractivity contribution < 1.29 is 77.0 Å². The summed E-state index contributed by atoms with van der Waals surface area (Å²) in [6, 6.07) is 0.